The average Bonchev–Trinajstić information content (AvgIpc) is 2.61. The Bertz CT molecular complexity index is 757. The van der Waals surface area contributed by atoms with Gasteiger partial charge in [-0.2, -0.15) is 0 Å². The van der Waals surface area contributed by atoms with Gasteiger partial charge in [-0.15, -0.1) is 0 Å². The van der Waals surface area contributed by atoms with Gasteiger partial charge in [0.2, 0.25) is 0 Å². The first-order valence-electron chi connectivity index (χ1n) is 8.82. The van der Waals surface area contributed by atoms with Crippen LogP contribution in [0.3, 0.4) is 0 Å². The lowest BCUT2D eigenvalue weighted by Gasteiger charge is -2.22. The fourth-order valence-corrected chi connectivity index (χ4v) is 3.14. The third kappa shape index (κ3) is 3.93. The van der Waals surface area contributed by atoms with Crippen molar-refractivity contribution in [1.82, 2.24) is 4.98 Å². The summed E-state index contributed by atoms with van der Waals surface area (Å²) in [6.07, 6.45) is 0. The molecule has 2 rings (SSSR count). The first-order chi connectivity index (χ1) is 12.4. The monoisotopic (exact) mass is 355 g/mol. The first kappa shape index (κ1) is 19.6. The smallest absolute Gasteiger partial charge is 0.340 e. The maximum absolute atomic E-state index is 12.7. The van der Waals surface area contributed by atoms with Crippen molar-refractivity contribution < 1.29 is 19.1 Å². The van der Waals surface area contributed by atoms with E-state index in [-0.39, 0.29) is 19.1 Å². The quantitative estimate of drug-likeness (QED) is 0.727. The van der Waals surface area contributed by atoms with E-state index < -0.39 is 11.9 Å². The molecule has 0 amide bonds. The summed E-state index contributed by atoms with van der Waals surface area (Å²) in [4.78, 5) is 29.7. The molecule has 0 radical (unpaired) electrons. The highest BCUT2D eigenvalue weighted by Gasteiger charge is 2.30. The zero-order chi connectivity index (χ0) is 19.3. The minimum atomic E-state index is -0.471. The molecule has 138 valence electrons. The molecule has 1 heterocycles. The molecular formula is C21H25NO4. The number of pyridine rings is 1. The van der Waals surface area contributed by atoms with Crippen molar-refractivity contribution in [1.29, 1.82) is 0 Å². The second-order valence-corrected chi connectivity index (χ2v) is 6.02. The fourth-order valence-electron chi connectivity index (χ4n) is 3.14. The molecule has 1 atom stereocenters. The van der Waals surface area contributed by atoms with Crippen molar-refractivity contribution in [3.8, 4) is 0 Å². The van der Waals surface area contributed by atoms with Gasteiger partial charge in [-0.25, -0.2) is 9.59 Å². The Hall–Kier alpha value is -2.69. The Morgan fingerprint density at radius 1 is 0.923 bits per heavy atom. The van der Waals surface area contributed by atoms with E-state index in [2.05, 4.69) is 4.98 Å². The van der Waals surface area contributed by atoms with Crippen LogP contribution in [0.25, 0.3) is 0 Å². The van der Waals surface area contributed by atoms with Crippen molar-refractivity contribution in [3.05, 3.63) is 64.0 Å². The van der Waals surface area contributed by atoms with Crippen LogP contribution in [0.4, 0.5) is 0 Å². The van der Waals surface area contributed by atoms with Crippen molar-refractivity contribution >= 4 is 11.9 Å². The van der Waals surface area contributed by atoms with Crippen LogP contribution in [0.2, 0.25) is 0 Å². The number of esters is 2. The topological polar surface area (TPSA) is 65.5 Å². The number of aromatic nitrogens is 1. The van der Waals surface area contributed by atoms with Crippen LogP contribution in [0.1, 0.15) is 69.9 Å². The van der Waals surface area contributed by atoms with Gasteiger partial charge in [-0.3, -0.25) is 4.98 Å². The summed E-state index contributed by atoms with van der Waals surface area (Å²) < 4.78 is 10.5. The lowest BCUT2D eigenvalue weighted by Crippen LogP contribution is -2.21. The summed E-state index contributed by atoms with van der Waals surface area (Å²) in [5.41, 5.74) is 3.39. The Labute approximate surface area is 154 Å². The van der Waals surface area contributed by atoms with E-state index in [0.29, 0.717) is 28.1 Å². The van der Waals surface area contributed by atoms with Gasteiger partial charge in [0.05, 0.1) is 35.7 Å². The Morgan fingerprint density at radius 2 is 1.38 bits per heavy atom. The molecule has 0 fully saturated rings. The van der Waals surface area contributed by atoms with Gasteiger partial charge in [0.25, 0.3) is 0 Å². The predicted octanol–water partition coefficient (Wildman–Crippen LogP) is 4.20. The first-order valence-corrected chi connectivity index (χ1v) is 8.82. The van der Waals surface area contributed by atoms with E-state index in [1.54, 1.807) is 27.7 Å². The van der Waals surface area contributed by atoms with Crippen LogP contribution in [0.15, 0.2) is 30.3 Å². The summed E-state index contributed by atoms with van der Waals surface area (Å²) >= 11 is 0. The summed E-state index contributed by atoms with van der Waals surface area (Å²) in [7, 11) is 0. The highest BCUT2D eigenvalue weighted by atomic mass is 16.5. The molecule has 0 bridgehead atoms. The van der Waals surface area contributed by atoms with Gasteiger partial charge in [-0.1, -0.05) is 37.3 Å². The van der Waals surface area contributed by atoms with E-state index in [4.69, 9.17) is 9.47 Å². The lowest BCUT2D eigenvalue weighted by atomic mass is 9.85. The number of benzene rings is 1. The molecule has 0 aliphatic heterocycles. The Morgan fingerprint density at radius 3 is 1.81 bits per heavy atom. The van der Waals surface area contributed by atoms with E-state index >= 15 is 0 Å². The van der Waals surface area contributed by atoms with Crippen LogP contribution in [-0.4, -0.2) is 30.1 Å². The highest BCUT2D eigenvalue weighted by Crippen LogP contribution is 2.33. The van der Waals surface area contributed by atoms with Gasteiger partial charge in [-0.05, 0) is 38.8 Å². The predicted molar refractivity (Wildman–Crippen MR) is 99.6 cm³/mol. The normalized spacial score (nSPS) is 11.7. The maximum Gasteiger partial charge on any atom is 0.340 e. The summed E-state index contributed by atoms with van der Waals surface area (Å²) in [5.74, 6) is -1.14. The number of rotatable bonds is 6. The number of ether oxygens (including phenoxy) is 2. The van der Waals surface area contributed by atoms with Gasteiger partial charge < -0.3 is 9.47 Å². The van der Waals surface area contributed by atoms with Crippen molar-refractivity contribution in [2.45, 2.75) is 40.5 Å². The molecule has 1 unspecified atom stereocenters. The minimum absolute atomic E-state index is 0.199. The second-order valence-electron chi connectivity index (χ2n) is 6.02. The van der Waals surface area contributed by atoms with Crippen LogP contribution < -0.4 is 0 Å². The number of carbonyl (C=O) groups excluding carboxylic acids is 2. The molecule has 0 saturated carbocycles. The average molecular weight is 355 g/mol. The zero-order valence-corrected chi connectivity index (χ0v) is 16.0. The van der Waals surface area contributed by atoms with Crippen LogP contribution in [0, 0.1) is 13.8 Å². The van der Waals surface area contributed by atoms with Gasteiger partial charge in [0.15, 0.2) is 0 Å². The molecule has 2 aromatic rings. The minimum Gasteiger partial charge on any atom is -0.462 e. The number of carbonyl (C=O) groups is 2. The Balaban J connectivity index is 2.77. The summed E-state index contributed by atoms with van der Waals surface area (Å²) in [5, 5.41) is 0. The van der Waals surface area contributed by atoms with E-state index in [0.717, 1.165) is 5.56 Å². The summed E-state index contributed by atoms with van der Waals surface area (Å²) in [6.45, 7) is 9.49. The van der Waals surface area contributed by atoms with Gasteiger partial charge in [0.1, 0.15) is 0 Å². The number of nitrogens with zero attached hydrogens (tertiary/aromatic N) is 1. The van der Waals surface area contributed by atoms with Crippen LogP contribution in [-0.2, 0) is 9.47 Å². The maximum atomic E-state index is 12.7. The molecule has 0 saturated heterocycles. The molecule has 5 heteroatoms. The largest absolute Gasteiger partial charge is 0.462 e. The standard InChI is InChI=1S/C21H25NO4/c1-6-25-20(23)18-14(4)22-15(5)19(21(24)26-7-2)17(18)13(3)16-11-9-8-10-12-16/h8-13H,6-7H2,1-5H3. The highest BCUT2D eigenvalue weighted by molar-refractivity contribution is 6.00. The van der Waals surface area contributed by atoms with Gasteiger partial charge in [0, 0.05) is 5.92 Å². The molecule has 26 heavy (non-hydrogen) atoms. The molecule has 5 nitrogen and oxygen atoms in total. The third-order valence-corrected chi connectivity index (χ3v) is 4.29. The number of hydrogen-bond donors (Lipinski definition) is 0. The number of aryl methyl sites for hydroxylation is 2. The third-order valence-electron chi connectivity index (χ3n) is 4.29. The SMILES string of the molecule is CCOC(=O)c1c(C)nc(C)c(C(=O)OCC)c1C(C)c1ccccc1. The van der Waals surface area contributed by atoms with Crippen LogP contribution in [0.5, 0.6) is 0 Å². The van der Waals surface area contributed by atoms with Crippen LogP contribution >= 0.6 is 0 Å². The number of hydrogen-bond acceptors (Lipinski definition) is 5. The van der Waals surface area contributed by atoms with Crippen molar-refractivity contribution in [3.63, 3.8) is 0 Å². The fraction of sp³-hybridized carbons (Fsp3) is 0.381. The summed E-state index contributed by atoms with van der Waals surface area (Å²) in [6, 6.07) is 9.73. The molecule has 1 aromatic heterocycles. The van der Waals surface area contributed by atoms with E-state index in [1.165, 1.54) is 0 Å². The second kappa shape index (κ2) is 8.61. The van der Waals surface area contributed by atoms with Crippen molar-refractivity contribution in [2.75, 3.05) is 13.2 Å². The molecule has 1 aromatic carbocycles. The molecule has 0 aliphatic rings. The van der Waals surface area contributed by atoms with Crippen molar-refractivity contribution in [2.24, 2.45) is 0 Å². The molecular weight excluding hydrogens is 330 g/mol. The van der Waals surface area contributed by atoms with Gasteiger partial charge >= 0.3 is 11.9 Å². The zero-order valence-electron chi connectivity index (χ0n) is 16.0. The molecule has 0 N–H and O–H groups in total. The Kier molecular flexibility index (Phi) is 6.50. The molecule has 0 spiro atoms. The lowest BCUT2D eigenvalue weighted by molar-refractivity contribution is 0.0520. The van der Waals surface area contributed by atoms with E-state index in [9.17, 15) is 9.59 Å². The molecule has 0 aliphatic carbocycles. The van der Waals surface area contributed by atoms with E-state index in [1.807, 2.05) is 37.3 Å².